The summed E-state index contributed by atoms with van der Waals surface area (Å²) in [4.78, 5) is 4.02. The minimum absolute atomic E-state index is 0.404. The lowest BCUT2D eigenvalue weighted by molar-refractivity contribution is 1.25. The summed E-state index contributed by atoms with van der Waals surface area (Å²) >= 11 is 5.68. The molecule has 1 aromatic rings. The van der Waals surface area contributed by atoms with Crippen molar-refractivity contribution in [2.75, 3.05) is 12.4 Å². The van der Waals surface area contributed by atoms with Crippen molar-refractivity contribution in [1.82, 2.24) is 4.98 Å². The van der Waals surface area contributed by atoms with Crippen molar-refractivity contribution in [3.63, 3.8) is 0 Å². The highest BCUT2D eigenvalue weighted by molar-refractivity contribution is 6.29. The van der Waals surface area contributed by atoms with Crippen LogP contribution in [0.4, 0.5) is 5.69 Å². The number of halogens is 1. The van der Waals surface area contributed by atoms with Gasteiger partial charge in [-0.3, -0.25) is 0 Å². The zero-order valence-corrected chi connectivity index (χ0v) is 9.74. The average molecular weight is 214 g/mol. The quantitative estimate of drug-likeness (QED) is 0.586. The summed E-state index contributed by atoms with van der Waals surface area (Å²) in [6.07, 6.45) is 0. The monoisotopic (exact) mass is 213 g/mol. The number of rotatable bonds is 2. The van der Waals surface area contributed by atoms with Crippen LogP contribution in [-0.2, 0) is 0 Å². The summed E-state index contributed by atoms with van der Waals surface area (Å²) in [7, 11) is 1.79. The molecule has 0 spiro atoms. The van der Waals surface area contributed by atoms with Gasteiger partial charge >= 0.3 is 0 Å². The predicted molar refractivity (Wildman–Crippen MR) is 62.6 cm³/mol. The van der Waals surface area contributed by atoms with E-state index in [1.54, 1.807) is 20.0 Å². The van der Waals surface area contributed by atoms with Crippen molar-refractivity contribution < 1.29 is 0 Å². The third-order valence-corrected chi connectivity index (χ3v) is 1.70. The normalized spacial score (nSPS) is 8.64. The maximum atomic E-state index is 7.42. The Labute approximate surface area is 90.0 Å². The first-order valence-electron chi connectivity index (χ1n) is 4.55. The van der Waals surface area contributed by atoms with Gasteiger partial charge in [-0.25, -0.2) is 4.98 Å². The third-order valence-electron chi connectivity index (χ3n) is 1.49. The van der Waals surface area contributed by atoms with Crippen LogP contribution in [0.15, 0.2) is 12.1 Å². The molecule has 0 aliphatic rings. The van der Waals surface area contributed by atoms with Crippen molar-refractivity contribution in [3.05, 3.63) is 23.0 Å². The highest BCUT2D eigenvalue weighted by atomic mass is 35.5. The third kappa shape index (κ3) is 3.34. The van der Waals surface area contributed by atoms with Crippen molar-refractivity contribution in [2.24, 2.45) is 0 Å². The summed E-state index contributed by atoms with van der Waals surface area (Å²) < 4.78 is 0. The second-order valence-electron chi connectivity index (χ2n) is 2.41. The van der Waals surface area contributed by atoms with Crippen LogP contribution in [-0.4, -0.2) is 17.7 Å². The van der Waals surface area contributed by atoms with E-state index in [0.717, 1.165) is 5.69 Å². The van der Waals surface area contributed by atoms with Crippen LogP contribution in [0.5, 0.6) is 0 Å². The maximum Gasteiger partial charge on any atom is 0.129 e. The fourth-order valence-corrected chi connectivity index (χ4v) is 1.07. The van der Waals surface area contributed by atoms with Crippen LogP contribution in [0.3, 0.4) is 0 Å². The van der Waals surface area contributed by atoms with Gasteiger partial charge in [-0.2, -0.15) is 0 Å². The van der Waals surface area contributed by atoms with Gasteiger partial charge in [0.2, 0.25) is 0 Å². The lowest BCUT2D eigenvalue weighted by Crippen LogP contribution is -2.03. The number of nitrogens with one attached hydrogen (secondary N) is 2. The highest BCUT2D eigenvalue weighted by Crippen LogP contribution is 2.16. The standard InChI is InChI=1S/C8H10ClN3.C2H6/c1-5(10)8-6(11-2)3-4-7(9)12-8;1-2/h3-4,10-11H,1-2H3;1-2H3. The SMILES string of the molecule is CC.CNc1ccc(Cl)nc1C(C)=N. The van der Waals surface area contributed by atoms with E-state index in [1.807, 2.05) is 19.9 Å². The number of nitrogens with zero attached hydrogens (tertiary/aromatic N) is 1. The van der Waals surface area contributed by atoms with Gasteiger partial charge < -0.3 is 10.7 Å². The second-order valence-corrected chi connectivity index (χ2v) is 2.79. The van der Waals surface area contributed by atoms with Crippen molar-refractivity contribution in [1.29, 1.82) is 5.41 Å². The Morgan fingerprint density at radius 2 is 2.00 bits per heavy atom. The second kappa shape index (κ2) is 6.38. The molecule has 78 valence electrons. The lowest BCUT2D eigenvalue weighted by atomic mass is 10.2. The van der Waals surface area contributed by atoms with Crippen LogP contribution in [0.25, 0.3) is 0 Å². The Bertz CT molecular complexity index is 310. The number of hydrogen-bond acceptors (Lipinski definition) is 3. The molecule has 0 saturated carbocycles. The van der Waals surface area contributed by atoms with Gasteiger partial charge in [0.25, 0.3) is 0 Å². The molecule has 0 bridgehead atoms. The van der Waals surface area contributed by atoms with E-state index in [1.165, 1.54) is 0 Å². The Hall–Kier alpha value is -1.09. The smallest absolute Gasteiger partial charge is 0.129 e. The van der Waals surface area contributed by atoms with Gasteiger partial charge in [0.1, 0.15) is 10.8 Å². The topological polar surface area (TPSA) is 48.8 Å². The van der Waals surface area contributed by atoms with Gasteiger partial charge in [0, 0.05) is 7.05 Å². The molecular formula is C10H16ClN3. The first kappa shape index (κ1) is 12.9. The van der Waals surface area contributed by atoms with Crippen LogP contribution in [0.2, 0.25) is 5.15 Å². The predicted octanol–water partition coefficient (Wildman–Crippen LogP) is 3.19. The first-order chi connectivity index (χ1) is 6.65. The molecule has 3 nitrogen and oxygen atoms in total. The van der Waals surface area contributed by atoms with E-state index in [-0.39, 0.29) is 0 Å². The molecule has 14 heavy (non-hydrogen) atoms. The summed E-state index contributed by atoms with van der Waals surface area (Å²) in [5.41, 5.74) is 1.83. The fourth-order valence-electron chi connectivity index (χ4n) is 0.923. The number of pyridine rings is 1. The van der Waals surface area contributed by atoms with Crippen LogP contribution < -0.4 is 5.32 Å². The summed E-state index contributed by atoms with van der Waals surface area (Å²) in [5, 5.41) is 10.8. The first-order valence-corrected chi connectivity index (χ1v) is 4.92. The maximum absolute atomic E-state index is 7.42. The van der Waals surface area contributed by atoms with Gasteiger partial charge in [-0.05, 0) is 19.1 Å². The Balaban J connectivity index is 0.000000791. The molecule has 0 aromatic carbocycles. The number of hydrogen-bond donors (Lipinski definition) is 2. The van der Waals surface area contributed by atoms with Gasteiger partial charge in [0.15, 0.2) is 0 Å². The Morgan fingerprint density at radius 1 is 1.43 bits per heavy atom. The van der Waals surface area contributed by atoms with Gasteiger partial charge in [-0.1, -0.05) is 25.4 Å². The molecule has 1 aromatic heterocycles. The van der Waals surface area contributed by atoms with Crippen LogP contribution >= 0.6 is 11.6 Å². The Morgan fingerprint density at radius 3 is 2.43 bits per heavy atom. The lowest BCUT2D eigenvalue weighted by Gasteiger charge is -2.05. The fraction of sp³-hybridized carbons (Fsp3) is 0.400. The van der Waals surface area contributed by atoms with Gasteiger partial charge in [0.05, 0.1) is 11.4 Å². The molecular weight excluding hydrogens is 198 g/mol. The molecule has 1 heterocycles. The number of aromatic nitrogens is 1. The average Bonchev–Trinajstić information content (AvgIpc) is 2.20. The zero-order chi connectivity index (χ0) is 11.1. The molecule has 0 radical (unpaired) electrons. The van der Waals surface area contributed by atoms with E-state index in [4.69, 9.17) is 17.0 Å². The molecule has 0 aliphatic heterocycles. The van der Waals surface area contributed by atoms with Crippen LogP contribution in [0.1, 0.15) is 26.5 Å². The van der Waals surface area contributed by atoms with Crippen molar-refractivity contribution >= 4 is 23.0 Å². The highest BCUT2D eigenvalue weighted by Gasteiger charge is 2.04. The van der Waals surface area contributed by atoms with E-state index in [2.05, 4.69) is 10.3 Å². The zero-order valence-electron chi connectivity index (χ0n) is 8.98. The van der Waals surface area contributed by atoms with Crippen molar-refractivity contribution in [3.8, 4) is 0 Å². The van der Waals surface area contributed by atoms with E-state index in [0.29, 0.717) is 16.6 Å². The number of anilines is 1. The Kier molecular flexibility index (Phi) is 5.88. The molecule has 1 rings (SSSR count). The van der Waals surface area contributed by atoms with Gasteiger partial charge in [-0.15, -0.1) is 0 Å². The molecule has 0 atom stereocenters. The van der Waals surface area contributed by atoms with Crippen LogP contribution in [0, 0.1) is 5.41 Å². The summed E-state index contributed by atoms with van der Waals surface area (Å²) in [6.45, 7) is 5.68. The van der Waals surface area contributed by atoms with E-state index >= 15 is 0 Å². The summed E-state index contributed by atoms with van der Waals surface area (Å²) in [5.74, 6) is 0. The molecule has 4 heteroatoms. The minimum Gasteiger partial charge on any atom is -0.386 e. The molecule has 0 fully saturated rings. The molecule has 0 unspecified atom stereocenters. The minimum atomic E-state index is 0.404. The molecule has 0 amide bonds. The molecule has 0 aliphatic carbocycles. The van der Waals surface area contributed by atoms with Crippen molar-refractivity contribution in [2.45, 2.75) is 20.8 Å². The largest absolute Gasteiger partial charge is 0.386 e. The summed E-state index contributed by atoms with van der Waals surface area (Å²) in [6, 6.07) is 3.50. The van der Waals surface area contributed by atoms with E-state index < -0.39 is 0 Å². The van der Waals surface area contributed by atoms with E-state index in [9.17, 15) is 0 Å². The molecule has 2 N–H and O–H groups in total. The molecule has 0 saturated heterocycles.